The SMILES string of the molecule is COC(=O)[C@H](CSCC(=O)NC(=O)O[C@@H]1CC[C@]2(CO2)[C@@](C)(C2(C)O[C@@H]2CC=C(C)C)[C@@H]1OC)NC(=O)CCC(C)=O. The molecular weight excluding hydrogens is 568 g/mol. The lowest BCUT2D eigenvalue weighted by Gasteiger charge is -2.50. The summed E-state index contributed by atoms with van der Waals surface area (Å²) in [6.07, 6.45) is 1.99. The van der Waals surface area contributed by atoms with Crippen LogP contribution in [0.2, 0.25) is 0 Å². The molecule has 0 aromatic heterocycles. The molecule has 2 heterocycles. The van der Waals surface area contributed by atoms with Gasteiger partial charge in [-0.25, -0.2) is 9.59 Å². The Bertz CT molecular complexity index is 1090. The summed E-state index contributed by atoms with van der Waals surface area (Å²) in [5.74, 6) is -2.07. The highest BCUT2D eigenvalue weighted by molar-refractivity contribution is 8.00. The van der Waals surface area contributed by atoms with Gasteiger partial charge >= 0.3 is 12.1 Å². The highest BCUT2D eigenvalue weighted by atomic mass is 32.2. The molecular formula is C29H44N2O10S. The second-order valence-corrected chi connectivity index (χ2v) is 12.8. The molecule has 0 aromatic rings. The molecule has 0 radical (unpaired) electrons. The topological polar surface area (TPSA) is 162 Å². The van der Waals surface area contributed by atoms with E-state index in [1.165, 1.54) is 19.6 Å². The van der Waals surface area contributed by atoms with E-state index in [0.29, 0.717) is 19.4 Å². The maximum absolute atomic E-state index is 12.8. The number of nitrogens with one attached hydrogen (secondary N) is 2. The second-order valence-electron chi connectivity index (χ2n) is 11.8. The first-order valence-electron chi connectivity index (χ1n) is 14.2. The summed E-state index contributed by atoms with van der Waals surface area (Å²) in [6.45, 7) is 10.2. The number of Topliss-reactive ketones (excluding diaryl/α,β-unsaturated/α-hetero) is 1. The number of epoxide rings is 2. The number of thioether (sulfide) groups is 1. The van der Waals surface area contributed by atoms with Gasteiger partial charge in [-0.15, -0.1) is 11.8 Å². The average Bonchev–Trinajstić information content (AvgIpc) is 3.84. The van der Waals surface area contributed by atoms with E-state index in [1.54, 1.807) is 7.11 Å². The Morgan fingerprint density at radius 2 is 1.76 bits per heavy atom. The number of alkyl carbamates (subject to hydrolysis) is 1. The number of allylic oxidation sites excluding steroid dienone is 1. The van der Waals surface area contributed by atoms with Gasteiger partial charge in [-0.2, -0.15) is 0 Å². The molecule has 13 heteroatoms. The summed E-state index contributed by atoms with van der Waals surface area (Å²) in [4.78, 5) is 60.5. The predicted octanol–water partition coefficient (Wildman–Crippen LogP) is 2.47. The number of carbonyl (C=O) groups excluding carboxylic acids is 5. The highest BCUT2D eigenvalue weighted by Crippen LogP contribution is 2.67. The first-order chi connectivity index (χ1) is 19.7. The molecule has 0 aromatic carbocycles. The molecule has 0 bridgehead atoms. The number of ether oxygens (including phenoxy) is 5. The number of hydrogen-bond acceptors (Lipinski definition) is 11. The zero-order valence-electron chi connectivity index (χ0n) is 25.5. The molecule has 2 aliphatic heterocycles. The third kappa shape index (κ3) is 7.53. The summed E-state index contributed by atoms with van der Waals surface area (Å²) in [5.41, 5.74) is -0.366. The molecule has 2 N–H and O–H groups in total. The molecule has 3 amide bonds. The van der Waals surface area contributed by atoms with E-state index in [9.17, 15) is 24.0 Å². The Morgan fingerprint density at radius 1 is 1.07 bits per heavy atom. The van der Waals surface area contributed by atoms with Crippen molar-refractivity contribution in [2.24, 2.45) is 5.41 Å². The molecule has 12 nitrogen and oxygen atoms in total. The number of methoxy groups -OCH3 is 2. The van der Waals surface area contributed by atoms with Gasteiger partial charge in [0.05, 0.1) is 31.0 Å². The van der Waals surface area contributed by atoms with Crippen LogP contribution < -0.4 is 10.6 Å². The van der Waals surface area contributed by atoms with Crippen LogP contribution in [-0.2, 0) is 42.9 Å². The van der Waals surface area contributed by atoms with Gasteiger partial charge in [0.2, 0.25) is 11.8 Å². The Balaban J connectivity index is 1.54. The Kier molecular flexibility index (Phi) is 11.2. The van der Waals surface area contributed by atoms with E-state index in [0.717, 1.165) is 18.2 Å². The smallest absolute Gasteiger partial charge is 0.414 e. The van der Waals surface area contributed by atoms with E-state index >= 15 is 0 Å². The van der Waals surface area contributed by atoms with Crippen molar-refractivity contribution < 1.29 is 47.7 Å². The fourth-order valence-electron chi connectivity index (χ4n) is 5.98. The van der Waals surface area contributed by atoms with Crippen molar-refractivity contribution in [2.45, 2.75) is 102 Å². The summed E-state index contributed by atoms with van der Waals surface area (Å²) in [7, 11) is 2.76. The second kappa shape index (κ2) is 13.9. The minimum absolute atomic E-state index is 0.0185. The maximum Gasteiger partial charge on any atom is 0.414 e. The lowest BCUT2D eigenvalue weighted by molar-refractivity contribution is -0.169. The fourth-order valence-corrected chi connectivity index (χ4v) is 6.81. The summed E-state index contributed by atoms with van der Waals surface area (Å²) in [6, 6.07) is -1.01. The van der Waals surface area contributed by atoms with E-state index in [-0.39, 0.29) is 36.2 Å². The van der Waals surface area contributed by atoms with Gasteiger partial charge in [-0.3, -0.25) is 14.9 Å². The van der Waals surface area contributed by atoms with E-state index in [2.05, 4.69) is 30.6 Å². The minimum atomic E-state index is -1.01. The lowest BCUT2D eigenvalue weighted by atomic mass is 9.57. The molecule has 236 valence electrons. The number of rotatable bonds is 14. The van der Waals surface area contributed by atoms with Gasteiger partial charge < -0.3 is 33.8 Å². The molecule has 3 aliphatic rings. The van der Waals surface area contributed by atoms with Crippen molar-refractivity contribution in [1.82, 2.24) is 10.6 Å². The molecule has 2 saturated heterocycles. The number of ketones is 1. The van der Waals surface area contributed by atoms with Crippen LogP contribution in [0.25, 0.3) is 0 Å². The van der Waals surface area contributed by atoms with Crippen molar-refractivity contribution in [3.8, 4) is 0 Å². The van der Waals surface area contributed by atoms with Crippen LogP contribution in [0.1, 0.15) is 66.7 Å². The van der Waals surface area contributed by atoms with Gasteiger partial charge in [0.1, 0.15) is 35.2 Å². The van der Waals surface area contributed by atoms with E-state index < -0.39 is 58.7 Å². The lowest BCUT2D eigenvalue weighted by Crippen LogP contribution is -2.63. The molecule has 1 aliphatic carbocycles. The number of esters is 1. The largest absolute Gasteiger partial charge is 0.467 e. The van der Waals surface area contributed by atoms with Crippen LogP contribution >= 0.6 is 11.8 Å². The van der Waals surface area contributed by atoms with Crippen molar-refractivity contribution in [1.29, 1.82) is 0 Å². The summed E-state index contributed by atoms with van der Waals surface area (Å²) >= 11 is 1.03. The van der Waals surface area contributed by atoms with Crippen molar-refractivity contribution in [2.75, 3.05) is 32.3 Å². The summed E-state index contributed by atoms with van der Waals surface area (Å²) < 4.78 is 28.7. The van der Waals surface area contributed by atoms with Crippen molar-refractivity contribution in [3.63, 3.8) is 0 Å². The maximum atomic E-state index is 12.8. The standard InChI is InChI=1S/C29H44N2O10S/c1-17(2)8-10-21-28(5,41-21)27(4)24(37-6)20(12-13-29(27)16-39-29)40-26(36)31-23(34)15-42-14-19(25(35)38-7)30-22(33)11-9-18(3)32/h8,19-21,24H,9-16H2,1-7H3,(H,30,33)(H,31,34,36)/t19-,20+,21+,24+,27+,28?,29-/m0/s1. The van der Waals surface area contributed by atoms with Crippen molar-refractivity contribution in [3.05, 3.63) is 11.6 Å². The molecule has 7 atom stereocenters. The molecule has 1 saturated carbocycles. The van der Waals surface area contributed by atoms with Gasteiger partial charge in [0.25, 0.3) is 0 Å². The summed E-state index contributed by atoms with van der Waals surface area (Å²) in [5, 5.41) is 4.74. The van der Waals surface area contributed by atoms with Gasteiger partial charge in [0, 0.05) is 25.7 Å². The monoisotopic (exact) mass is 612 g/mol. The highest BCUT2D eigenvalue weighted by Gasteiger charge is 2.79. The van der Waals surface area contributed by atoms with Crippen molar-refractivity contribution >= 4 is 41.4 Å². The van der Waals surface area contributed by atoms with Crippen LogP contribution in [0.5, 0.6) is 0 Å². The van der Waals surface area contributed by atoms with E-state index in [4.69, 9.17) is 23.7 Å². The third-order valence-electron chi connectivity index (χ3n) is 8.69. The minimum Gasteiger partial charge on any atom is -0.467 e. The van der Waals surface area contributed by atoms with Gasteiger partial charge in [-0.1, -0.05) is 18.6 Å². The molecule has 1 spiro atoms. The van der Waals surface area contributed by atoms with Crippen LogP contribution in [0.3, 0.4) is 0 Å². The number of hydrogen-bond donors (Lipinski definition) is 2. The zero-order valence-corrected chi connectivity index (χ0v) is 26.4. The Labute approximate surface area is 251 Å². The predicted molar refractivity (Wildman–Crippen MR) is 154 cm³/mol. The molecule has 42 heavy (non-hydrogen) atoms. The number of amides is 3. The van der Waals surface area contributed by atoms with Crippen LogP contribution in [0.4, 0.5) is 4.79 Å². The zero-order chi connectivity index (χ0) is 31.3. The Hall–Kier alpha value is -2.48. The number of imide groups is 1. The van der Waals surface area contributed by atoms with E-state index in [1.807, 2.05) is 13.8 Å². The molecule has 3 rings (SSSR count). The quantitative estimate of drug-likeness (QED) is 0.168. The first kappa shape index (κ1) is 34.0. The molecule has 3 fully saturated rings. The molecule has 1 unspecified atom stereocenters. The van der Waals surface area contributed by atoms with Gasteiger partial charge in [-0.05, 0) is 47.0 Å². The van der Waals surface area contributed by atoms with Crippen LogP contribution in [0.15, 0.2) is 11.6 Å². The van der Waals surface area contributed by atoms with Crippen LogP contribution in [0, 0.1) is 5.41 Å². The average molecular weight is 613 g/mol. The Morgan fingerprint density at radius 3 is 2.33 bits per heavy atom. The van der Waals surface area contributed by atoms with Crippen LogP contribution in [-0.4, -0.2) is 97.5 Å². The first-order valence-corrected chi connectivity index (χ1v) is 15.3. The van der Waals surface area contributed by atoms with Gasteiger partial charge in [0.15, 0.2) is 0 Å². The number of carbonyl (C=O) groups is 5. The third-order valence-corrected chi connectivity index (χ3v) is 9.73. The fraction of sp³-hybridized carbons (Fsp3) is 0.759. The normalized spacial score (nSPS) is 31.8.